The molecule has 9 aliphatic heterocycles. The number of aliphatic hydroxyl groups excluding tert-OH is 24. The van der Waals surface area contributed by atoms with Gasteiger partial charge in [0, 0.05) is 7.11 Å². The van der Waals surface area contributed by atoms with E-state index in [1.807, 2.05) is 0 Å². The van der Waals surface area contributed by atoms with Crippen LogP contribution in [0.1, 0.15) is 27.7 Å². The van der Waals surface area contributed by atoms with Crippen molar-refractivity contribution in [1.29, 1.82) is 0 Å². The molecule has 566 valence electrons. The van der Waals surface area contributed by atoms with Gasteiger partial charge in [-0.2, -0.15) is 0 Å². The van der Waals surface area contributed by atoms with Crippen LogP contribution in [0, 0.1) is 0 Å². The van der Waals surface area contributed by atoms with Crippen molar-refractivity contribution in [3.05, 3.63) is 0 Å². The molecule has 0 aliphatic carbocycles. The van der Waals surface area contributed by atoms with Gasteiger partial charge in [0.25, 0.3) is 0 Å². The van der Waals surface area contributed by atoms with Gasteiger partial charge in [0.2, 0.25) is 0 Å². The summed E-state index contributed by atoms with van der Waals surface area (Å²) in [5, 5.41) is 263. The van der Waals surface area contributed by atoms with E-state index < -0.39 is 309 Å². The average molecular weight is 1430 g/mol. The van der Waals surface area contributed by atoms with Gasteiger partial charge >= 0.3 is 0 Å². The van der Waals surface area contributed by atoms with Crippen LogP contribution in [0.25, 0.3) is 0 Å². The predicted molar refractivity (Wildman–Crippen MR) is 296 cm³/mol. The fourth-order valence-electron chi connectivity index (χ4n) is 12.8. The molecule has 9 rings (SSSR count). The van der Waals surface area contributed by atoms with Crippen molar-refractivity contribution in [2.75, 3.05) is 40.1 Å². The third kappa shape index (κ3) is 16.3. The second kappa shape index (κ2) is 33.6. The topological polar surface area (TPSA) is 652 Å². The highest BCUT2D eigenvalue weighted by atomic mass is 16.8. The third-order valence-corrected chi connectivity index (χ3v) is 18.9. The molecule has 0 radical (unpaired) electrons. The van der Waals surface area contributed by atoms with Crippen molar-refractivity contribution in [2.24, 2.45) is 0 Å². The van der Waals surface area contributed by atoms with E-state index in [1.54, 1.807) is 0 Å². The zero-order valence-corrected chi connectivity index (χ0v) is 52.6. The SMILES string of the molecule is CO[C@@H]1[C@@H](O)[C@H](CO)O[C@@H](O[C@H]2[C@H](O[C@H]3[C@H](O[C@@H]4[C@@H](O)[C@H](C)O[C@@H](O[C@@H]5[C@@H](O)[C@@H](O[C@H]6O[C@H](CO)[C@@H](O)[C@H](O)[C@H]6O)O[C@H](CO)[C@H]5O)[C@@H]4O)O[C@@H](C)[C@H](O)[C@H]3O)O[C@@H](C)[C@H](O)[C@H]2O)[C@@H]1O[C@@H]1O[C@@H](C)[C@H](O)[C@@H](O)[C@H]1O[C@H]1O[C@H](CO)[C@@H](O)[C@H](O[C@H]2O[C@H](CO)[C@@H](O)[C@H](O)[C@@H]2O)[C@@H]1O. The Morgan fingerprint density at radius 2 is 0.423 bits per heavy atom. The summed E-state index contributed by atoms with van der Waals surface area (Å²) in [6.07, 6.45) is -85.8. The maximum Gasteiger partial charge on any atom is 0.189 e. The molecule has 9 heterocycles. The van der Waals surface area contributed by atoms with E-state index in [1.165, 1.54) is 27.7 Å². The Labute approximate surface area is 550 Å². The highest BCUT2D eigenvalue weighted by Gasteiger charge is 2.61. The summed E-state index contributed by atoms with van der Waals surface area (Å²) >= 11 is 0. The minimum Gasteiger partial charge on any atom is -0.394 e. The largest absolute Gasteiger partial charge is 0.394 e. The molecule has 42 heteroatoms. The Hall–Kier alpha value is -1.68. The van der Waals surface area contributed by atoms with Gasteiger partial charge in [-0.1, -0.05) is 0 Å². The summed E-state index contributed by atoms with van der Waals surface area (Å²) < 4.78 is 106. The van der Waals surface area contributed by atoms with Crippen LogP contribution in [0.3, 0.4) is 0 Å². The van der Waals surface area contributed by atoms with E-state index in [4.69, 9.17) is 85.3 Å². The van der Waals surface area contributed by atoms with Crippen LogP contribution in [0.5, 0.6) is 0 Å². The normalized spacial score (nSPS) is 55.0. The molecule has 0 unspecified atom stereocenters. The van der Waals surface area contributed by atoms with Crippen LogP contribution in [-0.4, -0.2) is 439 Å². The lowest BCUT2D eigenvalue weighted by atomic mass is 9.95. The van der Waals surface area contributed by atoms with E-state index in [0.29, 0.717) is 0 Å². The number of ether oxygens (including phenoxy) is 18. The summed E-state index contributed by atoms with van der Waals surface area (Å²) in [7, 11) is 1.06. The van der Waals surface area contributed by atoms with Gasteiger partial charge in [-0.25, -0.2) is 0 Å². The molecule has 0 aromatic heterocycles. The van der Waals surface area contributed by atoms with E-state index in [9.17, 15) is 123 Å². The highest BCUT2D eigenvalue weighted by Crippen LogP contribution is 2.41. The van der Waals surface area contributed by atoms with Crippen LogP contribution >= 0.6 is 0 Å². The number of hydrogen-bond acceptors (Lipinski definition) is 42. The Morgan fingerprint density at radius 3 is 0.784 bits per heavy atom. The van der Waals surface area contributed by atoms with Crippen molar-refractivity contribution in [3.8, 4) is 0 Å². The van der Waals surface area contributed by atoms with Gasteiger partial charge in [-0.15, -0.1) is 0 Å². The monoisotopic (exact) mass is 1430 g/mol. The Morgan fingerprint density at radius 1 is 0.196 bits per heavy atom. The summed E-state index contributed by atoms with van der Waals surface area (Å²) in [5.41, 5.74) is 0. The van der Waals surface area contributed by atoms with Crippen LogP contribution < -0.4 is 0 Å². The van der Waals surface area contributed by atoms with Crippen molar-refractivity contribution >= 4 is 0 Å². The molecule has 9 aliphatic rings. The quantitative estimate of drug-likeness (QED) is 0.0479. The molecule has 45 atom stereocenters. The second-order valence-electron chi connectivity index (χ2n) is 25.3. The predicted octanol–water partition coefficient (Wildman–Crippen LogP) is -15.9. The summed E-state index contributed by atoms with van der Waals surface area (Å²) in [5.74, 6) is 0. The molecule has 9 saturated heterocycles. The first kappa shape index (κ1) is 79.4. The van der Waals surface area contributed by atoms with E-state index in [2.05, 4.69) is 0 Å². The van der Waals surface area contributed by atoms with Gasteiger partial charge in [-0.05, 0) is 27.7 Å². The minimum atomic E-state index is -2.23. The summed E-state index contributed by atoms with van der Waals surface area (Å²) in [6.45, 7) is 0.293. The van der Waals surface area contributed by atoms with E-state index in [-0.39, 0.29) is 0 Å². The van der Waals surface area contributed by atoms with Crippen LogP contribution in [0.4, 0.5) is 0 Å². The van der Waals surface area contributed by atoms with Crippen molar-refractivity contribution in [2.45, 2.75) is 304 Å². The molecule has 0 amide bonds. The van der Waals surface area contributed by atoms with Crippen molar-refractivity contribution < 1.29 is 208 Å². The zero-order chi connectivity index (χ0) is 71.2. The molecular formula is C55H94O42. The van der Waals surface area contributed by atoms with E-state index in [0.717, 1.165) is 7.11 Å². The molecule has 9 fully saturated rings. The molecule has 0 bridgehead atoms. The second-order valence-corrected chi connectivity index (χ2v) is 25.3. The summed E-state index contributed by atoms with van der Waals surface area (Å²) in [6, 6.07) is 0. The maximum absolute atomic E-state index is 12.0. The Kier molecular flexibility index (Phi) is 27.5. The Balaban J connectivity index is 0.956. The van der Waals surface area contributed by atoms with Crippen LogP contribution in [0.15, 0.2) is 0 Å². The highest BCUT2D eigenvalue weighted by molar-refractivity contribution is 5.02. The molecule has 42 nitrogen and oxygen atoms in total. The Bertz CT molecular complexity index is 2400. The lowest BCUT2D eigenvalue weighted by Crippen LogP contribution is -2.69. The van der Waals surface area contributed by atoms with Crippen LogP contribution in [0.2, 0.25) is 0 Å². The van der Waals surface area contributed by atoms with E-state index >= 15 is 0 Å². The number of methoxy groups -OCH3 is 1. The average Bonchev–Trinajstić information content (AvgIpc) is 0.779. The lowest BCUT2D eigenvalue weighted by Gasteiger charge is -2.51. The van der Waals surface area contributed by atoms with Crippen molar-refractivity contribution in [1.82, 2.24) is 0 Å². The molecule has 0 spiro atoms. The van der Waals surface area contributed by atoms with Gasteiger partial charge in [0.05, 0.1) is 57.5 Å². The maximum atomic E-state index is 12.0. The first-order valence-corrected chi connectivity index (χ1v) is 31.5. The molecule has 0 saturated carbocycles. The van der Waals surface area contributed by atoms with Crippen LogP contribution in [-0.2, 0) is 85.3 Å². The minimum absolute atomic E-state index is 0.875. The molecule has 97 heavy (non-hydrogen) atoms. The molecule has 24 N–H and O–H groups in total. The van der Waals surface area contributed by atoms with Gasteiger partial charge in [0.15, 0.2) is 56.6 Å². The van der Waals surface area contributed by atoms with Gasteiger partial charge in [-0.3, -0.25) is 0 Å². The first-order chi connectivity index (χ1) is 45.9. The van der Waals surface area contributed by atoms with Gasteiger partial charge in [0.1, 0.15) is 195 Å². The lowest BCUT2D eigenvalue weighted by molar-refractivity contribution is -0.417. The number of aliphatic hydroxyl groups is 24. The van der Waals surface area contributed by atoms with Crippen molar-refractivity contribution in [3.63, 3.8) is 0 Å². The number of rotatable bonds is 22. The molecule has 0 aromatic carbocycles. The fraction of sp³-hybridized carbons (Fsp3) is 1.00. The standard InChI is InChI=1S/C55H94O42/c1-11-21(62)32(73)44(52(82-11)92-39-23(64)14(4)81-49(36(39)77)91-41-27(68)18(9-59)88-51(38(41)79)97-48-35(76)30(71)25(66)16(7-57)86-48)94-53-45(33(74)22(63)12(2)83-53)95-55-46(42(80-5)28(69)19(10-60)89-55)96-54-43(31(72)20(61)13(3)84-54)93-50-37(78)40(26(67)17(8-58)87-50)90-47-34(75)29(70)24(65)15(6-56)85-47/h11-79H,6-10H2,1-5H3/t11-,12-,13-,14-,15+,16+,17+,18+,19-,20-,21-,22-,23-,24+,25+,26+,27+,28-,29-,30-,31+,32+,33+,34-,35+,36+,37-,38+,39+,40-,41-,42+,43+,44+,45+,46+,47+,48+,49-,50+,51+,52-,53-,54-,55-/m0/s1. The zero-order valence-electron chi connectivity index (χ0n) is 52.6. The summed E-state index contributed by atoms with van der Waals surface area (Å²) in [4.78, 5) is 0. The van der Waals surface area contributed by atoms with Gasteiger partial charge < -0.3 is 208 Å². The third-order valence-electron chi connectivity index (χ3n) is 18.9. The molecule has 0 aromatic rings. The molecular weight excluding hydrogens is 1330 g/mol. The fourth-order valence-corrected chi connectivity index (χ4v) is 12.8. The first-order valence-electron chi connectivity index (χ1n) is 31.5. The smallest absolute Gasteiger partial charge is 0.189 e. The number of hydrogen-bond donors (Lipinski definition) is 24.